The van der Waals surface area contributed by atoms with E-state index in [1.165, 1.54) is 26.3 Å². The van der Waals surface area contributed by atoms with Crippen LogP contribution in [0.3, 0.4) is 0 Å². The van der Waals surface area contributed by atoms with Gasteiger partial charge in [-0.05, 0) is 18.2 Å². The minimum atomic E-state index is -0.607. The van der Waals surface area contributed by atoms with Crippen molar-refractivity contribution >= 4 is 40.4 Å². The summed E-state index contributed by atoms with van der Waals surface area (Å²) in [4.78, 5) is 38.3. The molecule has 29 heavy (non-hydrogen) atoms. The van der Waals surface area contributed by atoms with Crippen molar-refractivity contribution in [1.82, 2.24) is 20.2 Å². The summed E-state index contributed by atoms with van der Waals surface area (Å²) < 4.78 is 7.19. The quantitative estimate of drug-likeness (QED) is 0.359. The molecule has 0 aliphatic heterocycles. The molecule has 0 spiro atoms. The predicted octanol–water partition coefficient (Wildman–Crippen LogP) is 2.49. The number of benzene rings is 2. The number of amides is 3. The topological polar surface area (TPSA) is 128 Å². The highest BCUT2D eigenvalue weighted by molar-refractivity contribution is 7.99. The molecular weight excluding hydrogens is 398 g/mol. The Morgan fingerprint density at radius 1 is 1.28 bits per heavy atom. The molecule has 150 valence electrons. The van der Waals surface area contributed by atoms with Gasteiger partial charge in [0, 0.05) is 19.2 Å². The van der Waals surface area contributed by atoms with E-state index in [0.29, 0.717) is 27.6 Å². The molecule has 0 atom stereocenters. The highest BCUT2D eigenvalue weighted by atomic mass is 32.2. The number of nitro benzene ring substituents is 1. The Morgan fingerprint density at radius 2 is 2.03 bits per heavy atom. The van der Waals surface area contributed by atoms with Gasteiger partial charge >= 0.3 is 6.03 Å². The normalized spacial score (nSPS) is 10.6. The number of hydrogen-bond donors (Lipinski definition) is 2. The first-order valence-electron chi connectivity index (χ1n) is 8.39. The number of urea groups is 1. The number of nitrogens with zero attached hydrogens (tertiary/aromatic N) is 3. The molecule has 10 nitrogen and oxygen atoms in total. The van der Waals surface area contributed by atoms with Gasteiger partial charge in [0.15, 0.2) is 5.16 Å². The third-order valence-electron chi connectivity index (χ3n) is 3.96. The van der Waals surface area contributed by atoms with Crippen LogP contribution < -0.4 is 15.4 Å². The van der Waals surface area contributed by atoms with Gasteiger partial charge in [-0.2, -0.15) is 0 Å². The van der Waals surface area contributed by atoms with Crippen LogP contribution in [0.4, 0.5) is 10.5 Å². The summed E-state index contributed by atoms with van der Waals surface area (Å²) in [5.74, 6) is -0.00525. The summed E-state index contributed by atoms with van der Waals surface area (Å²) in [5.41, 5.74) is 1.60. The Balaban J connectivity index is 2.06. The van der Waals surface area contributed by atoms with E-state index >= 15 is 0 Å². The molecule has 11 heteroatoms. The number of imide groups is 1. The summed E-state index contributed by atoms with van der Waals surface area (Å²) in [5, 5.41) is 16.0. The number of imidazole rings is 1. The zero-order valence-electron chi connectivity index (χ0n) is 15.5. The van der Waals surface area contributed by atoms with Crippen molar-refractivity contribution in [2.45, 2.75) is 5.16 Å². The summed E-state index contributed by atoms with van der Waals surface area (Å²) in [6.07, 6.45) is 0. The van der Waals surface area contributed by atoms with Crippen LogP contribution in [0.5, 0.6) is 5.75 Å². The van der Waals surface area contributed by atoms with E-state index in [1.807, 2.05) is 18.2 Å². The Hall–Kier alpha value is -3.60. The lowest BCUT2D eigenvalue weighted by molar-refractivity contribution is -0.384. The summed E-state index contributed by atoms with van der Waals surface area (Å²) >= 11 is 1.10. The molecular formula is C18H17N5O5S. The largest absolute Gasteiger partial charge is 0.495 e. The van der Waals surface area contributed by atoms with E-state index in [2.05, 4.69) is 15.6 Å². The van der Waals surface area contributed by atoms with E-state index in [1.54, 1.807) is 16.7 Å². The van der Waals surface area contributed by atoms with E-state index in [9.17, 15) is 19.7 Å². The number of carbonyl (C=O) groups excluding carboxylic acids is 2. The van der Waals surface area contributed by atoms with Crippen molar-refractivity contribution in [2.24, 2.45) is 0 Å². The van der Waals surface area contributed by atoms with E-state index in [0.717, 1.165) is 11.8 Å². The average Bonchev–Trinajstić information content (AvgIpc) is 3.09. The van der Waals surface area contributed by atoms with Crippen LogP contribution in [-0.2, 0) is 4.79 Å². The third kappa shape index (κ3) is 4.29. The Labute approximate surface area is 169 Å². The van der Waals surface area contributed by atoms with E-state index < -0.39 is 16.9 Å². The van der Waals surface area contributed by atoms with Crippen LogP contribution in [0, 0.1) is 10.1 Å². The fourth-order valence-electron chi connectivity index (χ4n) is 2.66. The molecule has 0 saturated heterocycles. The highest BCUT2D eigenvalue weighted by Gasteiger charge is 2.19. The van der Waals surface area contributed by atoms with Crippen molar-refractivity contribution in [3.63, 3.8) is 0 Å². The molecule has 3 aromatic rings. The molecule has 0 aliphatic carbocycles. The van der Waals surface area contributed by atoms with E-state index in [-0.39, 0.29) is 11.4 Å². The first-order valence-corrected chi connectivity index (χ1v) is 9.37. The molecule has 0 unspecified atom stereocenters. The van der Waals surface area contributed by atoms with Crippen LogP contribution in [0.2, 0.25) is 0 Å². The first-order chi connectivity index (χ1) is 13.9. The highest BCUT2D eigenvalue weighted by Crippen LogP contribution is 2.33. The van der Waals surface area contributed by atoms with Gasteiger partial charge in [0.1, 0.15) is 5.75 Å². The lowest BCUT2D eigenvalue weighted by atomic mass is 10.2. The lowest BCUT2D eigenvalue weighted by Crippen LogP contribution is -2.38. The second-order valence-corrected chi connectivity index (χ2v) is 6.69. The standard InChI is InChI=1S/C18H17N5O5S/c1-19-17(25)21-16(24)10-29-18-20-12-9-11(23(26)27)7-8-13(12)22(18)14-5-3-4-6-15(14)28-2/h3-9H,10H2,1-2H3,(H2,19,21,24,25). The molecule has 3 rings (SSSR count). The van der Waals surface area contributed by atoms with Crippen molar-refractivity contribution in [1.29, 1.82) is 0 Å². The first kappa shape index (κ1) is 20.1. The third-order valence-corrected chi connectivity index (χ3v) is 4.90. The monoisotopic (exact) mass is 415 g/mol. The van der Waals surface area contributed by atoms with Gasteiger partial charge in [-0.25, -0.2) is 9.78 Å². The van der Waals surface area contributed by atoms with Gasteiger partial charge < -0.3 is 10.1 Å². The Kier molecular flexibility index (Phi) is 5.98. The summed E-state index contributed by atoms with van der Waals surface area (Å²) in [6, 6.07) is 11.0. The van der Waals surface area contributed by atoms with Gasteiger partial charge in [-0.3, -0.25) is 24.8 Å². The minimum Gasteiger partial charge on any atom is -0.495 e. The number of ether oxygens (including phenoxy) is 1. The zero-order valence-corrected chi connectivity index (χ0v) is 16.4. The van der Waals surface area contributed by atoms with Crippen molar-refractivity contribution < 1.29 is 19.2 Å². The number of nitro groups is 1. The number of hydrogen-bond acceptors (Lipinski definition) is 7. The molecule has 0 bridgehead atoms. The van der Waals surface area contributed by atoms with Gasteiger partial charge in [0.2, 0.25) is 5.91 Å². The van der Waals surface area contributed by atoms with Gasteiger partial charge in [0.05, 0.1) is 34.5 Å². The number of aromatic nitrogens is 2. The van der Waals surface area contributed by atoms with Crippen LogP contribution in [0.1, 0.15) is 0 Å². The van der Waals surface area contributed by atoms with Gasteiger partial charge in [0.25, 0.3) is 5.69 Å². The molecule has 1 heterocycles. The average molecular weight is 415 g/mol. The van der Waals surface area contributed by atoms with Crippen molar-refractivity contribution in [3.05, 3.63) is 52.6 Å². The van der Waals surface area contributed by atoms with Crippen molar-refractivity contribution in [3.8, 4) is 11.4 Å². The van der Waals surface area contributed by atoms with Crippen LogP contribution in [0.15, 0.2) is 47.6 Å². The number of carbonyl (C=O) groups is 2. The second kappa shape index (κ2) is 8.61. The number of nitrogens with one attached hydrogen (secondary N) is 2. The number of non-ortho nitro benzene ring substituents is 1. The molecule has 0 radical (unpaired) electrons. The smallest absolute Gasteiger partial charge is 0.321 e. The maximum Gasteiger partial charge on any atom is 0.321 e. The predicted molar refractivity (Wildman–Crippen MR) is 108 cm³/mol. The second-order valence-electron chi connectivity index (χ2n) is 5.75. The number of para-hydroxylation sites is 2. The van der Waals surface area contributed by atoms with Gasteiger partial charge in [-0.1, -0.05) is 23.9 Å². The summed E-state index contributed by atoms with van der Waals surface area (Å²) in [7, 11) is 2.94. The van der Waals surface area contributed by atoms with Crippen LogP contribution in [0.25, 0.3) is 16.7 Å². The van der Waals surface area contributed by atoms with E-state index in [4.69, 9.17) is 4.74 Å². The van der Waals surface area contributed by atoms with Crippen LogP contribution >= 0.6 is 11.8 Å². The molecule has 0 saturated carbocycles. The Morgan fingerprint density at radius 3 is 2.72 bits per heavy atom. The van der Waals surface area contributed by atoms with Crippen LogP contribution in [-0.4, -0.2) is 46.3 Å². The van der Waals surface area contributed by atoms with Crippen molar-refractivity contribution in [2.75, 3.05) is 19.9 Å². The maximum atomic E-state index is 12.0. The number of rotatable bonds is 6. The number of thioether (sulfide) groups is 1. The SMILES string of the molecule is CNC(=O)NC(=O)CSc1nc2cc([N+](=O)[O-])ccc2n1-c1ccccc1OC. The van der Waals surface area contributed by atoms with Gasteiger partial charge in [-0.15, -0.1) is 0 Å². The maximum absolute atomic E-state index is 12.0. The number of fused-ring (bicyclic) bond motifs is 1. The fourth-order valence-corrected chi connectivity index (χ4v) is 3.48. The molecule has 0 aliphatic rings. The minimum absolute atomic E-state index is 0.0754. The molecule has 1 aromatic heterocycles. The zero-order chi connectivity index (χ0) is 21.0. The molecule has 0 fully saturated rings. The molecule has 2 aromatic carbocycles. The number of methoxy groups -OCH3 is 1. The lowest BCUT2D eigenvalue weighted by Gasteiger charge is -2.12. The molecule has 2 N–H and O–H groups in total. The Bertz CT molecular complexity index is 1100. The summed E-state index contributed by atoms with van der Waals surface area (Å²) in [6.45, 7) is 0. The fraction of sp³-hybridized carbons (Fsp3) is 0.167. The molecule has 3 amide bonds.